The van der Waals surface area contributed by atoms with Gasteiger partial charge in [0.2, 0.25) is 0 Å². The number of rotatable bonds is 5. The van der Waals surface area contributed by atoms with Gasteiger partial charge < -0.3 is 20.1 Å². The second-order valence-electron chi connectivity index (χ2n) is 5.02. The van der Waals surface area contributed by atoms with E-state index in [2.05, 4.69) is 9.89 Å². The van der Waals surface area contributed by atoms with Gasteiger partial charge in [0, 0.05) is 33.4 Å². The van der Waals surface area contributed by atoms with Crippen molar-refractivity contribution in [3.05, 3.63) is 0 Å². The zero-order valence-corrected chi connectivity index (χ0v) is 13.4. The number of nitrogens with zero attached hydrogens (tertiary/aromatic N) is 2. The number of guanidine groups is 1. The quantitative estimate of drug-likeness (QED) is 0.448. The van der Waals surface area contributed by atoms with Crippen molar-refractivity contribution in [2.45, 2.75) is 19.3 Å². The van der Waals surface area contributed by atoms with Crippen molar-refractivity contribution < 1.29 is 9.47 Å². The van der Waals surface area contributed by atoms with Gasteiger partial charge in [0.1, 0.15) is 0 Å². The smallest absolute Gasteiger partial charge is 0.191 e. The molecule has 1 heterocycles. The standard InChI is InChI=1S/C12H23N3O2.HI/c1-16-7-4-12(2-3-12)10-14-11(13)15-5-8-17-9-6-15;/h2-10H2,1H3,(H2,13,14);1H. The second-order valence-corrected chi connectivity index (χ2v) is 5.02. The van der Waals surface area contributed by atoms with E-state index in [1.807, 2.05) is 0 Å². The van der Waals surface area contributed by atoms with Crippen molar-refractivity contribution in [1.82, 2.24) is 4.90 Å². The third-order valence-electron chi connectivity index (χ3n) is 3.71. The van der Waals surface area contributed by atoms with Gasteiger partial charge in [-0.3, -0.25) is 4.99 Å². The summed E-state index contributed by atoms with van der Waals surface area (Å²) in [5.74, 6) is 0.678. The van der Waals surface area contributed by atoms with E-state index in [0.717, 1.165) is 45.9 Å². The van der Waals surface area contributed by atoms with Crippen molar-refractivity contribution in [1.29, 1.82) is 0 Å². The fraction of sp³-hybridized carbons (Fsp3) is 0.917. The molecule has 0 aromatic rings. The second kappa shape index (κ2) is 7.49. The third kappa shape index (κ3) is 4.55. The normalized spacial score (nSPS) is 22.5. The Balaban J connectivity index is 0.00000162. The van der Waals surface area contributed by atoms with Crippen molar-refractivity contribution in [3.8, 4) is 0 Å². The summed E-state index contributed by atoms with van der Waals surface area (Å²) in [7, 11) is 1.75. The highest BCUT2D eigenvalue weighted by molar-refractivity contribution is 14.0. The number of methoxy groups -OCH3 is 1. The first-order valence-corrected chi connectivity index (χ1v) is 6.37. The minimum absolute atomic E-state index is 0. The highest BCUT2D eigenvalue weighted by Crippen LogP contribution is 2.48. The number of hydrogen-bond acceptors (Lipinski definition) is 3. The Morgan fingerprint density at radius 2 is 2.06 bits per heavy atom. The van der Waals surface area contributed by atoms with Crippen LogP contribution in [0.25, 0.3) is 0 Å². The zero-order chi connectivity index (χ0) is 12.1. The summed E-state index contributed by atoms with van der Waals surface area (Å²) < 4.78 is 10.4. The molecule has 2 rings (SSSR count). The van der Waals surface area contributed by atoms with Gasteiger partial charge in [0.05, 0.1) is 13.2 Å². The van der Waals surface area contributed by atoms with Crippen molar-refractivity contribution in [2.75, 3.05) is 46.6 Å². The van der Waals surface area contributed by atoms with Gasteiger partial charge in [0.25, 0.3) is 0 Å². The maximum absolute atomic E-state index is 6.00. The molecule has 0 bridgehead atoms. The Kier molecular flexibility index (Phi) is 6.65. The molecule has 1 saturated heterocycles. The number of nitrogens with two attached hydrogens (primary N) is 1. The molecule has 1 saturated carbocycles. The number of halogens is 1. The van der Waals surface area contributed by atoms with Gasteiger partial charge in [-0.1, -0.05) is 0 Å². The summed E-state index contributed by atoms with van der Waals surface area (Å²) in [6.07, 6.45) is 3.62. The summed E-state index contributed by atoms with van der Waals surface area (Å²) in [5.41, 5.74) is 6.38. The minimum atomic E-state index is 0. The van der Waals surface area contributed by atoms with Crippen LogP contribution in [0.4, 0.5) is 0 Å². The molecule has 2 aliphatic rings. The maximum Gasteiger partial charge on any atom is 0.191 e. The maximum atomic E-state index is 6.00. The molecule has 0 amide bonds. The van der Waals surface area contributed by atoms with E-state index in [0.29, 0.717) is 11.4 Å². The Morgan fingerprint density at radius 3 is 2.61 bits per heavy atom. The van der Waals surface area contributed by atoms with Crippen molar-refractivity contribution in [3.63, 3.8) is 0 Å². The molecular formula is C12H24IN3O2. The van der Waals surface area contributed by atoms with E-state index in [9.17, 15) is 0 Å². The van der Waals surface area contributed by atoms with Gasteiger partial charge >= 0.3 is 0 Å². The van der Waals surface area contributed by atoms with Gasteiger partial charge in [-0.25, -0.2) is 0 Å². The van der Waals surface area contributed by atoms with E-state index < -0.39 is 0 Å². The molecule has 0 unspecified atom stereocenters. The predicted octanol–water partition coefficient (Wildman–Crippen LogP) is 1.07. The molecule has 1 aliphatic heterocycles. The van der Waals surface area contributed by atoms with Crippen LogP contribution in [0.15, 0.2) is 4.99 Å². The summed E-state index contributed by atoms with van der Waals surface area (Å²) in [6.45, 7) is 4.91. The molecule has 5 nitrogen and oxygen atoms in total. The van der Waals surface area contributed by atoms with Crippen LogP contribution in [0, 0.1) is 5.41 Å². The van der Waals surface area contributed by atoms with Crippen LogP contribution in [0.2, 0.25) is 0 Å². The fourth-order valence-corrected chi connectivity index (χ4v) is 2.12. The molecule has 0 radical (unpaired) electrons. The number of hydrogen-bond donors (Lipinski definition) is 1. The number of aliphatic imine (C=N–C) groups is 1. The fourth-order valence-electron chi connectivity index (χ4n) is 2.12. The lowest BCUT2D eigenvalue weighted by Gasteiger charge is -2.28. The Bertz CT molecular complexity index is 276. The first-order chi connectivity index (χ1) is 8.26. The molecule has 2 fully saturated rings. The first kappa shape index (κ1) is 16.0. The lowest BCUT2D eigenvalue weighted by Crippen LogP contribution is -2.45. The minimum Gasteiger partial charge on any atom is -0.385 e. The molecular weight excluding hydrogens is 345 g/mol. The monoisotopic (exact) mass is 369 g/mol. The topological polar surface area (TPSA) is 60.1 Å². The van der Waals surface area contributed by atoms with E-state index in [1.54, 1.807) is 7.11 Å². The highest BCUT2D eigenvalue weighted by Gasteiger charge is 2.41. The van der Waals surface area contributed by atoms with E-state index in [-0.39, 0.29) is 24.0 Å². The Hall–Kier alpha value is -0.0800. The summed E-state index contributed by atoms with van der Waals surface area (Å²) in [6, 6.07) is 0. The van der Waals surface area contributed by atoms with Crippen LogP contribution in [0.5, 0.6) is 0 Å². The molecule has 18 heavy (non-hydrogen) atoms. The lowest BCUT2D eigenvalue weighted by atomic mass is 10.0. The number of ether oxygens (including phenoxy) is 2. The van der Waals surface area contributed by atoms with E-state index in [1.165, 1.54) is 12.8 Å². The molecule has 6 heteroatoms. The van der Waals surface area contributed by atoms with Crippen LogP contribution >= 0.6 is 24.0 Å². The summed E-state index contributed by atoms with van der Waals surface area (Å²) in [4.78, 5) is 6.65. The molecule has 106 valence electrons. The largest absolute Gasteiger partial charge is 0.385 e. The van der Waals surface area contributed by atoms with Crippen LogP contribution in [0.3, 0.4) is 0 Å². The van der Waals surface area contributed by atoms with Crippen LogP contribution < -0.4 is 5.73 Å². The third-order valence-corrected chi connectivity index (χ3v) is 3.71. The lowest BCUT2D eigenvalue weighted by molar-refractivity contribution is 0.0673. The molecule has 0 aromatic carbocycles. The molecule has 2 N–H and O–H groups in total. The molecule has 0 atom stereocenters. The van der Waals surface area contributed by atoms with Crippen LogP contribution in [-0.4, -0.2) is 57.4 Å². The van der Waals surface area contributed by atoms with Gasteiger partial charge in [0.15, 0.2) is 5.96 Å². The molecule has 0 aromatic heterocycles. The average Bonchev–Trinajstić information content (AvgIpc) is 3.15. The van der Waals surface area contributed by atoms with E-state index >= 15 is 0 Å². The van der Waals surface area contributed by atoms with Crippen molar-refractivity contribution in [2.24, 2.45) is 16.1 Å². The predicted molar refractivity (Wildman–Crippen MR) is 82.5 cm³/mol. The van der Waals surface area contributed by atoms with Crippen LogP contribution in [-0.2, 0) is 9.47 Å². The van der Waals surface area contributed by atoms with Gasteiger partial charge in [-0.2, -0.15) is 0 Å². The van der Waals surface area contributed by atoms with Crippen LogP contribution in [0.1, 0.15) is 19.3 Å². The summed E-state index contributed by atoms with van der Waals surface area (Å²) in [5, 5.41) is 0. The SMILES string of the molecule is COCCC1(CN=C(N)N2CCOCC2)CC1.I. The van der Waals surface area contributed by atoms with E-state index in [4.69, 9.17) is 15.2 Å². The summed E-state index contributed by atoms with van der Waals surface area (Å²) >= 11 is 0. The Morgan fingerprint density at radius 1 is 1.39 bits per heavy atom. The first-order valence-electron chi connectivity index (χ1n) is 6.37. The molecule has 1 aliphatic carbocycles. The zero-order valence-electron chi connectivity index (χ0n) is 11.1. The van der Waals surface area contributed by atoms with Crippen molar-refractivity contribution >= 4 is 29.9 Å². The highest BCUT2D eigenvalue weighted by atomic mass is 127. The average molecular weight is 369 g/mol. The van der Waals surface area contributed by atoms with Gasteiger partial charge in [-0.15, -0.1) is 24.0 Å². The Labute approximate surface area is 126 Å². The molecule has 0 spiro atoms. The number of morpholine rings is 1. The van der Waals surface area contributed by atoms with Gasteiger partial charge in [-0.05, 0) is 24.7 Å².